The summed E-state index contributed by atoms with van der Waals surface area (Å²) >= 11 is 0. The number of hydrogen-bond donors (Lipinski definition) is 1. The second-order valence-electron chi connectivity index (χ2n) is 2.61. The largest absolute Gasteiger partial charge is 0.464 e. The molecule has 5 nitrogen and oxygen atoms in total. The number of esters is 1. The molecule has 72 valence electrons. The highest BCUT2D eigenvalue weighted by Crippen LogP contribution is 2.11. The van der Waals surface area contributed by atoms with Crippen molar-refractivity contribution in [3.63, 3.8) is 0 Å². The topological polar surface area (TPSA) is 64.3 Å². The van der Waals surface area contributed by atoms with E-state index in [2.05, 4.69) is 9.72 Å². The number of methoxy groups -OCH3 is 1. The first kappa shape index (κ1) is 9.57. The maximum atomic E-state index is 11.2. The van der Waals surface area contributed by atoms with Crippen molar-refractivity contribution in [3.8, 4) is 0 Å². The van der Waals surface area contributed by atoms with Crippen LogP contribution in [0.1, 0.15) is 28.9 Å². The Morgan fingerprint density at radius 1 is 1.69 bits per heavy atom. The summed E-state index contributed by atoms with van der Waals surface area (Å²) in [6.07, 6.45) is 0.582. The second-order valence-corrected chi connectivity index (χ2v) is 2.61. The Balaban J connectivity index is 3.23. The smallest absolute Gasteiger partial charge is 0.360 e. The van der Waals surface area contributed by atoms with Crippen LogP contribution < -0.4 is 0 Å². The zero-order valence-electron chi connectivity index (χ0n) is 7.87. The van der Waals surface area contributed by atoms with E-state index in [0.717, 1.165) is 4.73 Å². The molecular weight excluding hydrogens is 172 g/mol. The van der Waals surface area contributed by atoms with E-state index in [4.69, 9.17) is 0 Å². The number of carbonyl (C=O) groups excluding carboxylic acids is 1. The predicted octanol–water partition coefficient (Wildman–Crippen LogP) is 0.778. The minimum atomic E-state index is -0.569. The first-order valence-corrected chi connectivity index (χ1v) is 3.97. The fourth-order valence-electron chi connectivity index (χ4n) is 1.13. The molecule has 1 heterocycles. The molecule has 13 heavy (non-hydrogen) atoms. The summed E-state index contributed by atoms with van der Waals surface area (Å²) in [5.74, 6) is -0.183. The van der Waals surface area contributed by atoms with Crippen LogP contribution in [-0.2, 0) is 11.2 Å². The highest BCUT2D eigenvalue weighted by atomic mass is 16.5. The monoisotopic (exact) mass is 184 g/mol. The Hall–Kier alpha value is -1.52. The Kier molecular flexibility index (Phi) is 2.55. The minimum absolute atomic E-state index is 0.113. The average Bonchev–Trinajstić information content (AvgIpc) is 2.42. The SMILES string of the molecule is CCc1nc(C)n(O)c1C(=O)OC. The van der Waals surface area contributed by atoms with Crippen molar-refractivity contribution < 1.29 is 14.7 Å². The molecule has 1 aromatic rings. The van der Waals surface area contributed by atoms with E-state index in [1.54, 1.807) is 6.92 Å². The fourth-order valence-corrected chi connectivity index (χ4v) is 1.13. The van der Waals surface area contributed by atoms with Crippen molar-refractivity contribution in [3.05, 3.63) is 17.2 Å². The second kappa shape index (κ2) is 3.47. The van der Waals surface area contributed by atoms with Crippen LogP contribution in [0.25, 0.3) is 0 Å². The maximum absolute atomic E-state index is 11.2. The summed E-state index contributed by atoms with van der Waals surface area (Å²) in [7, 11) is 1.27. The standard InChI is InChI=1S/C8H12N2O3/c1-4-6-7(8(11)13-3)10(12)5(2)9-6/h12H,4H2,1-3H3. The van der Waals surface area contributed by atoms with Gasteiger partial charge in [-0.2, -0.15) is 4.73 Å². The van der Waals surface area contributed by atoms with Crippen molar-refractivity contribution in [1.29, 1.82) is 0 Å². The lowest BCUT2D eigenvalue weighted by Crippen LogP contribution is -2.11. The van der Waals surface area contributed by atoms with Gasteiger partial charge >= 0.3 is 5.97 Å². The Morgan fingerprint density at radius 3 is 2.77 bits per heavy atom. The van der Waals surface area contributed by atoms with Gasteiger partial charge in [0.15, 0.2) is 5.69 Å². The molecule has 0 saturated carbocycles. The number of rotatable bonds is 2. The summed E-state index contributed by atoms with van der Waals surface area (Å²) < 4.78 is 5.27. The molecule has 0 aromatic carbocycles. The molecule has 0 spiro atoms. The zero-order valence-corrected chi connectivity index (χ0v) is 7.87. The van der Waals surface area contributed by atoms with E-state index in [-0.39, 0.29) is 5.69 Å². The van der Waals surface area contributed by atoms with Gasteiger partial charge in [0.2, 0.25) is 0 Å². The van der Waals surface area contributed by atoms with Crippen molar-refractivity contribution in [2.45, 2.75) is 20.3 Å². The number of aryl methyl sites for hydroxylation is 2. The van der Waals surface area contributed by atoms with Gasteiger partial charge < -0.3 is 9.94 Å². The van der Waals surface area contributed by atoms with Gasteiger partial charge in [0.25, 0.3) is 0 Å². The maximum Gasteiger partial charge on any atom is 0.360 e. The van der Waals surface area contributed by atoms with Crippen molar-refractivity contribution in [2.75, 3.05) is 7.11 Å². The molecular formula is C8H12N2O3. The Labute approximate surface area is 75.9 Å². The third-order valence-electron chi connectivity index (χ3n) is 1.80. The summed E-state index contributed by atoms with van der Waals surface area (Å²) in [4.78, 5) is 15.2. The van der Waals surface area contributed by atoms with Crippen LogP contribution in [0.2, 0.25) is 0 Å². The van der Waals surface area contributed by atoms with Crippen molar-refractivity contribution >= 4 is 5.97 Å². The van der Waals surface area contributed by atoms with Crippen LogP contribution >= 0.6 is 0 Å². The third-order valence-corrected chi connectivity index (χ3v) is 1.80. The van der Waals surface area contributed by atoms with Crippen LogP contribution in [0, 0.1) is 6.92 Å². The number of hydrogen-bond acceptors (Lipinski definition) is 4. The van der Waals surface area contributed by atoms with Crippen LogP contribution in [0.3, 0.4) is 0 Å². The van der Waals surface area contributed by atoms with E-state index in [1.165, 1.54) is 7.11 Å². The third kappa shape index (κ3) is 1.49. The molecule has 0 saturated heterocycles. The van der Waals surface area contributed by atoms with Gasteiger partial charge in [-0.05, 0) is 13.3 Å². The lowest BCUT2D eigenvalue weighted by Gasteiger charge is -2.00. The normalized spacial score (nSPS) is 10.1. The summed E-state index contributed by atoms with van der Waals surface area (Å²) in [6.45, 7) is 3.47. The number of ether oxygens (including phenoxy) is 1. The highest BCUT2D eigenvalue weighted by Gasteiger charge is 2.20. The number of carbonyl (C=O) groups is 1. The van der Waals surface area contributed by atoms with Gasteiger partial charge in [-0.3, -0.25) is 0 Å². The predicted molar refractivity (Wildman–Crippen MR) is 44.9 cm³/mol. The highest BCUT2D eigenvalue weighted by molar-refractivity contribution is 5.88. The molecule has 0 aliphatic heterocycles. The zero-order chi connectivity index (χ0) is 10.0. The lowest BCUT2D eigenvalue weighted by atomic mass is 10.3. The molecule has 1 N–H and O–H groups in total. The number of nitrogens with zero attached hydrogens (tertiary/aromatic N) is 2. The van der Waals surface area contributed by atoms with E-state index < -0.39 is 5.97 Å². The first-order chi connectivity index (χ1) is 6.11. The molecule has 5 heteroatoms. The number of aromatic nitrogens is 2. The summed E-state index contributed by atoms with van der Waals surface area (Å²) in [5.41, 5.74) is 0.661. The summed E-state index contributed by atoms with van der Waals surface area (Å²) in [6, 6.07) is 0. The molecule has 0 aliphatic rings. The fraction of sp³-hybridized carbons (Fsp3) is 0.500. The Bertz CT molecular complexity index is 330. The van der Waals surface area contributed by atoms with E-state index in [9.17, 15) is 10.0 Å². The quantitative estimate of drug-likeness (QED) is 0.545. The van der Waals surface area contributed by atoms with Gasteiger partial charge in [-0.15, -0.1) is 0 Å². The van der Waals surface area contributed by atoms with Crippen LogP contribution in [0.5, 0.6) is 0 Å². The van der Waals surface area contributed by atoms with Crippen LogP contribution in [0.15, 0.2) is 0 Å². The van der Waals surface area contributed by atoms with E-state index >= 15 is 0 Å². The van der Waals surface area contributed by atoms with Gasteiger partial charge in [-0.25, -0.2) is 9.78 Å². The summed E-state index contributed by atoms with van der Waals surface area (Å²) in [5, 5.41) is 9.40. The van der Waals surface area contributed by atoms with E-state index in [1.807, 2.05) is 6.92 Å². The van der Waals surface area contributed by atoms with Gasteiger partial charge in [0.05, 0.1) is 12.8 Å². The minimum Gasteiger partial charge on any atom is -0.464 e. The molecule has 0 aliphatic carbocycles. The van der Waals surface area contributed by atoms with Crippen molar-refractivity contribution in [2.24, 2.45) is 0 Å². The van der Waals surface area contributed by atoms with Crippen LogP contribution in [0.4, 0.5) is 0 Å². The molecule has 1 aromatic heterocycles. The molecule has 0 fully saturated rings. The van der Waals surface area contributed by atoms with Crippen molar-refractivity contribution in [1.82, 2.24) is 9.71 Å². The first-order valence-electron chi connectivity index (χ1n) is 3.97. The molecule has 0 unspecified atom stereocenters. The molecule has 0 atom stereocenters. The van der Waals surface area contributed by atoms with Crippen LogP contribution in [-0.4, -0.2) is 28.0 Å². The Morgan fingerprint density at radius 2 is 2.31 bits per heavy atom. The molecule has 1 rings (SSSR count). The average molecular weight is 184 g/mol. The molecule has 0 bridgehead atoms. The van der Waals surface area contributed by atoms with E-state index in [0.29, 0.717) is 17.9 Å². The number of imidazole rings is 1. The molecule has 0 amide bonds. The lowest BCUT2D eigenvalue weighted by molar-refractivity contribution is 0.0544. The molecule has 0 radical (unpaired) electrons. The van der Waals surface area contributed by atoms with Gasteiger partial charge in [0.1, 0.15) is 5.82 Å². The van der Waals surface area contributed by atoms with Gasteiger partial charge in [0, 0.05) is 0 Å². The van der Waals surface area contributed by atoms with Gasteiger partial charge in [-0.1, -0.05) is 6.92 Å².